The predicted octanol–water partition coefficient (Wildman–Crippen LogP) is 1.24. The fourth-order valence-electron chi connectivity index (χ4n) is 0.922. The number of carbonyl (C=O) groups excluding carboxylic acids is 1. The smallest absolute Gasteiger partial charge is 0.235 e. The molecule has 0 bridgehead atoms. The molecule has 0 aliphatic rings. The highest BCUT2D eigenvalue weighted by Crippen LogP contribution is 2.23. The Labute approximate surface area is 75.5 Å². The molecule has 1 aromatic rings. The number of rotatable bonds is 3. The van der Waals surface area contributed by atoms with Gasteiger partial charge in [0.1, 0.15) is 11.5 Å². The van der Waals surface area contributed by atoms with Crippen molar-refractivity contribution < 1.29 is 14.6 Å². The van der Waals surface area contributed by atoms with Gasteiger partial charge in [-0.05, 0) is 12.1 Å². The van der Waals surface area contributed by atoms with Crippen LogP contribution in [0.3, 0.4) is 0 Å². The maximum atomic E-state index is 9.81. The second-order valence-electron chi connectivity index (χ2n) is 2.40. The maximum Gasteiger partial charge on any atom is 0.235 e. The van der Waals surface area contributed by atoms with Gasteiger partial charge in [0.25, 0.3) is 0 Å². The highest BCUT2D eigenvalue weighted by atomic mass is 16.5. The molecule has 4 nitrogen and oxygen atoms in total. The van der Waals surface area contributed by atoms with Crippen LogP contribution in [-0.2, 0) is 11.3 Å². The van der Waals surface area contributed by atoms with Crippen molar-refractivity contribution >= 4 is 6.08 Å². The SMILES string of the molecule is COc1ccc(CN=C=O)c(O)c1. The number of hydrogen-bond acceptors (Lipinski definition) is 4. The fraction of sp³-hybridized carbons (Fsp3) is 0.222. The summed E-state index contributed by atoms with van der Waals surface area (Å²) in [4.78, 5) is 13.2. The molecule has 13 heavy (non-hydrogen) atoms. The van der Waals surface area contributed by atoms with E-state index in [4.69, 9.17) is 4.74 Å². The van der Waals surface area contributed by atoms with Gasteiger partial charge in [-0.3, -0.25) is 0 Å². The van der Waals surface area contributed by atoms with Crippen LogP contribution in [0.15, 0.2) is 23.2 Å². The molecule has 1 aromatic carbocycles. The summed E-state index contributed by atoms with van der Waals surface area (Å²) in [6, 6.07) is 4.81. The van der Waals surface area contributed by atoms with Gasteiger partial charge in [-0.1, -0.05) is 0 Å². The lowest BCUT2D eigenvalue weighted by Gasteiger charge is -2.03. The van der Waals surface area contributed by atoms with Crippen molar-refractivity contribution in [2.24, 2.45) is 4.99 Å². The number of hydrogen-bond donors (Lipinski definition) is 1. The summed E-state index contributed by atoms with van der Waals surface area (Å²) < 4.78 is 4.89. The molecule has 0 heterocycles. The van der Waals surface area contributed by atoms with Crippen molar-refractivity contribution in [3.8, 4) is 11.5 Å². The van der Waals surface area contributed by atoms with Crippen molar-refractivity contribution in [2.75, 3.05) is 7.11 Å². The molecule has 0 aliphatic heterocycles. The molecule has 0 aromatic heterocycles. The molecular formula is C9H9NO3. The van der Waals surface area contributed by atoms with Gasteiger partial charge in [-0.15, -0.1) is 0 Å². The Balaban J connectivity index is 2.91. The molecule has 0 unspecified atom stereocenters. The summed E-state index contributed by atoms with van der Waals surface area (Å²) in [6.07, 6.45) is 1.40. The van der Waals surface area contributed by atoms with Crippen LogP contribution in [0.1, 0.15) is 5.56 Å². The van der Waals surface area contributed by atoms with E-state index < -0.39 is 0 Å². The van der Waals surface area contributed by atoms with E-state index >= 15 is 0 Å². The number of methoxy groups -OCH3 is 1. The number of benzene rings is 1. The van der Waals surface area contributed by atoms with Crippen LogP contribution in [-0.4, -0.2) is 18.3 Å². The molecule has 0 radical (unpaired) electrons. The third kappa shape index (κ3) is 2.32. The van der Waals surface area contributed by atoms with Gasteiger partial charge in [0.2, 0.25) is 6.08 Å². The molecule has 0 spiro atoms. The number of ether oxygens (including phenoxy) is 1. The first-order valence-electron chi connectivity index (χ1n) is 3.67. The van der Waals surface area contributed by atoms with Gasteiger partial charge in [0.15, 0.2) is 0 Å². The Bertz CT molecular complexity index is 343. The van der Waals surface area contributed by atoms with Crippen molar-refractivity contribution in [1.82, 2.24) is 0 Å². The largest absolute Gasteiger partial charge is 0.507 e. The number of aliphatic imine (C=N–C) groups is 1. The van der Waals surface area contributed by atoms with E-state index in [1.165, 1.54) is 19.3 Å². The molecule has 0 amide bonds. The molecule has 1 N–H and O–H groups in total. The van der Waals surface area contributed by atoms with E-state index in [0.29, 0.717) is 11.3 Å². The number of phenolic OH excluding ortho intramolecular Hbond substituents is 1. The van der Waals surface area contributed by atoms with E-state index in [-0.39, 0.29) is 12.3 Å². The van der Waals surface area contributed by atoms with Gasteiger partial charge in [0.05, 0.1) is 13.7 Å². The quantitative estimate of drug-likeness (QED) is 0.561. The molecule has 0 aliphatic carbocycles. The summed E-state index contributed by atoms with van der Waals surface area (Å²) in [7, 11) is 1.51. The van der Waals surface area contributed by atoms with Crippen LogP contribution in [0, 0.1) is 0 Å². The molecule has 1 rings (SSSR count). The number of nitrogens with zero attached hydrogens (tertiary/aromatic N) is 1. The summed E-state index contributed by atoms with van der Waals surface area (Å²) in [5.74, 6) is 0.634. The van der Waals surface area contributed by atoms with Crippen LogP contribution in [0.2, 0.25) is 0 Å². The third-order valence-electron chi connectivity index (χ3n) is 1.61. The fourth-order valence-corrected chi connectivity index (χ4v) is 0.922. The molecule has 4 heteroatoms. The van der Waals surface area contributed by atoms with Crippen molar-refractivity contribution in [3.63, 3.8) is 0 Å². The summed E-state index contributed by atoms with van der Waals surface area (Å²) in [6.45, 7) is 0.138. The normalized spacial score (nSPS) is 9.00. The van der Waals surface area contributed by atoms with Gasteiger partial charge < -0.3 is 9.84 Å². The molecule has 0 fully saturated rings. The Morgan fingerprint density at radius 3 is 2.92 bits per heavy atom. The zero-order valence-electron chi connectivity index (χ0n) is 7.15. The minimum absolute atomic E-state index is 0.0679. The Morgan fingerprint density at radius 2 is 2.38 bits per heavy atom. The van der Waals surface area contributed by atoms with Crippen LogP contribution in [0.5, 0.6) is 11.5 Å². The van der Waals surface area contributed by atoms with Crippen molar-refractivity contribution in [2.45, 2.75) is 6.54 Å². The average Bonchev–Trinajstić information content (AvgIpc) is 2.16. The van der Waals surface area contributed by atoms with Crippen molar-refractivity contribution in [1.29, 1.82) is 0 Å². The van der Waals surface area contributed by atoms with E-state index in [1.54, 1.807) is 12.1 Å². The lowest BCUT2D eigenvalue weighted by molar-refractivity contribution is 0.406. The lowest BCUT2D eigenvalue weighted by Crippen LogP contribution is -1.86. The zero-order valence-corrected chi connectivity index (χ0v) is 7.15. The van der Waals surface area contributed by atoms with E-state index in [2.05, 4.69) is 4.99 Å². The average molecular weight is 179 g/mol. The minimum atomic E-state index is 0.0679. The summed E-state index contributed by atoms with van der Waals surface area (Å²) in [5, 5.41) is 9.38. The van der Waals surface area contributed by atoms with E-state index in [0.717, 1.165) is 0 Å². The summed E-state index contributed by atoms with van der Waals surface area (Å²) in [5.41, 5.74) is 0.573. The lowest BCUT2D eigenvalue weighted by atomic mass is 10.2. The monoisotopic (exact) mass is 179 g/mol. The second kappa shape index (κ2) is 4.28. The highest BCUT2D eigenvalue weighted by molar-refractivity contribution is 5.41. The van der Waals surface area contributed by atoms with Crippen molar-refractivity contribution in [3.05, 3.63) is 23.8 Å². The van der Waals surface area contributed by atoms with Gasteiger partial charge in [0, 0.05) is 11.6 Å². The van der Waals surface area contributed by atoms with Gasteiger partial charge in [-0.25, -0.2) is 9.79 Å². The second-order valence-corrected chi connectivity index (χ2v) is 2.40. The molecule has 0 atom stereocenters. The van der Waals surface area contributed by atoms with E-state index in [9.17, 15) is 9.90 Å². The Hall–Kier alpha value is -1.80. The molecule has 68 valence electrons. The highest BCUT2D eigenvalue weighted by Gasteiger charge is 2.01. The number of isocyanates is 1. The first-order chi connectivity index (χ1) is 6.27. The van der Waals surface area contributed by atoms with Gasteiger partial charge >= 0.3 is 0 Å². The van der Waals surface area contributed by atoms with Crippen LogP contribution < -0.4 is 4.74 Å². The molecular weight excluding hydrogens is 170 g/mol. The zero-order chi connectivity index (χ0) is 9.68. The first kappa shape index (κ1) is 9.29. The molecule has 0 saturated heterocycles. The van der Waals surface area contributed by atoms with Crippen LogP contribution in [0.25, 0.3) is 0 Å². The maximum absolute atomic E-state index is 9.81. The molecule has 0 saturated carbocycles. The van der Waals surface area contributed by atoms with Gasteiger partial charge in [-0.2, -0.15) is 0 Å². The minimum Gasteiger partial charge on any atom is -0.507 e. The third-order valence-corrected chi connectivity index (χ3v) is 1.61. The Kier molecular flexibility index (Phi) is 3.06. The number of phenols is 1. The van der Waals surface area contributed by atoms with E-state index in [1.807, 2.05) is 0 Å². The Morgan fingerprint density at radius 1 is 1.62 bits per heavy atom. The first-order valence-corrected chi connectivity index (χ1v) is 3.67. The van der Waals surface area contributed by atoms with Crippen LogP contribution >= 0.6 is 0 Å². The standard InChI is InChI=1S/C9H9NO3/c1-13-8-3-2-7(5-10-6-11)9(12)4-8/h2-4,12H,5H2,1H3. The predicted molar refractivity (Wildman–Crippen MR) is 46.5 cm³/mol. The van der Waals surface area contributed by atoms with Crippen LogP contribution in [0.4, 0.5) is 0 Å². The topological polar surface area (TPSA) is 58.9 Å². The summed E-state index contributed by atoms with van der Waals surface area (Å²) >= 11 is 0. The number of aromatic hydroxyl groups is 1.